The van der Waals surface area contributed by atoms with Gasteiger partial charge in [-0.1, -0.05) is 13.8 Å². The lowest BCUT2D eigenvalue weighted by Crippen LogP contribution is -2.37. The molecule has 18 heavy (non-hydrogen) atoms. The highest BCUT2D eigenvalue weighted by Gasteiger charge is 2.18. The van der Waals surface area contributed by atoms with Gasteiger partial charge in [0, 0.05) is 19.3 Å². The maximum absolute atomic E-state index is 5.49. The lowest BCUT2D eigenvalue weighted by molar-refractivity contribution is 0.0644. The highest BCUT2D eigenvalue weighted by Crippen LogP contribution is 2.26. The standard InChI is InChI=1S/C15H33NO2/c1-14(2,3)16-10-9-15(4,5)8-7-11-18-13-12-17-6/h16H,7-13H2,1-6H3. The van der Waals surface area contributed by atoms with Gasteiger partial charge in [-0.05, 0) is 52.0 Å². The van der Waals surface area contributed by atoms with Crippen molar-refractivity contribution in [1.29, 1.82) is 0 Å². The summed E-state index contributed by atoms with van der Waals surface area (Å²) in [6.45, 7) is 14.7. The monoisotopic (exact) mass is 259 g/mol. The molecule has 0 radical (unpaired) electrons. The van der Waals surface area contributed by atoms with E-state index in [-0.39, 0.29) is 5.54 Å². The predicted molar refractivity (Wildman–Crippen MR) is 78.1 cm³/mol. The van der Waals surface area contributed by atoms with Crippen LogP contribution in [0.2, 0.25) is 0 Å². The molecule has 0 heterocycles. The molecule has 0 unspecified atom stereocenters. The van der Waals surface area contributed by atoms with Gasteiger partial charge in [0.25, 0.3) is 0 Å². The van der Waals surface area contributed by atoms with Gasteiger partial charge in [0.15, 0.2) is 0 Å². The van der Waals surface area contributed by atoms with Crippen molar-refractivity contribution in [2.24, 2.45) is 5.41 Å². The molecule has 0 aliphatic carbocycles. The molecule has 0 aliphatic heterocycles. The summed E-state index contributed by atoms with van der Waals surface area (Å²) in [6, 6.07) is 0. The van der Waals surface area contributed by atoms with Gasteiger partial charge in [0.05, 0.1) is 13.2 Å². The summed E-state index contributed by atoms with van der Waals surface area (Å²) in [7, 11) is 1.70. The molecule has 3 nitrogen and oxygen atoms in total. The lowest BCUT2D eigenvalue weighted by atomic mass is 9.84. The quantitative estimate of drug-likeness (QED) is 0.611. The smallest absolute Gasteiger partial charge is 0.0700 e. The van der Waals surface area contributed by atoms with Crippen molar-refractivity contribution in [2.45, 2.75) is 59.4 Å². The Morgan fingerprint density at radius 1 is 0.889 bits per heavy atom. The average molecular weight is 259 g/mol. The van der Waals surface area contributed by atoms with E-state index in [2.05, 4.69) is 39.9 Å². The maximum atomic E-state index is 5.49. The maximum Gasteiger partial charge on any atom is 0.0700 e. The largest absolute Gasteiger partial charge is 0.382 e. The van der Waals surface area contributed by atoms with Crippen molar-refractivity contribution in [3.05, 3.63) is 0 Å². The fourth-order valence-electron chi connectivity index (χ4n) is 1.80. The first kappa shape index (κ1) is 17.9. The summed E-state index contributed by atoms with van der Waals surface area (Å²) in [5.74, 6) is 0. The molecule has 3 heteroatoms. The Kier molecular flexibility index (Phi) is 8.83. The SMILES string of the molecule is COCCOCCCC(C)(C)CCNC(C)(C)C. The second kappa shape index (κ2) is 8.89. The third-order valence-electron chi connectivity index (χ3n) is 3.03. The molecule has 0 bridgehead atoms. The molecular weight excluding hydrogens is 226 g/mol. The second-order valence-electron chi connectivity index (χ2n) is 6.80. The number of ether oxygens (including phenoxy) is 2. The summed E-state index contributed by atoms with van der Waals surface area (Å²) in [5.41, 5.74) is 0.613. The normalized spacial score (nSPS) is 13.0. The van der Waals surface area contributed by atoms with Crippen molar-refractivity contribution < 1.29 is 9.47 Å². The zero-order valence-electron chi connectivity index (χ0n) is 13.3. The fraction of sp³-hybridized carbons (Fsp3) is 1.00. The van der Waals surface area contributed by atoms with Crippen LogP contribution in [0.1, 0.15) is 53.9 Å². The molecule has 0 saturated carbocycles. The van der Waals surface area contributed by atoms with Crippen molar-refractivity contribution in [2.75, 3.05) is 33.5 Å². The number of rotatable bonds is 10. The molecular formula is C15H33NO2. The summed E-state index contributed by atoms with van der Waals surface area (Å²) in [6.07, 6.45) is 3.56. The molecule has 0 saturated heterocycles. The molecule has 0 fully saturated rings. The predicted octanol–water partition coefficient (Wildman–Crippen LogP) is 3.23. The Morgan fingerprint density at radius 2 is 1.56 bits per heavy atom. The van der Waals surface area contributed by atoms with E-state index < -0.39 is 0 Å². The third-order valence-corrected chi connectivity index (χ3v) is 3.03. The highest BCUT2D eigenvalue weighted by atomic mass is 16.5. The minimum absolute atomic E-state index is 0.222. The number of hydrogen-bond acceptors (Lipinski definition) is 3. The number of methoxy groups -OCH3 is 1. The minimum Gasteiger partial charge on any atom is -0.382 e. The van der Waals surface area contributed by atoms with Crippen molar-refractivity contribution >= 4 is 0 Å². The van der Waals surface area contributed by atoms with Crippen molar-refractivity contribution in [1.82, 2.24) is 5.32 Å². The molecule has 110 valence electrons. The van der Waals surface area contributed by atoms with E-state index in [9.17, 15) is 0 Å². The van der Waals surface area contributed by atoms with Gasteiger partial charge in [0.1, 0.15) is 0 Å². The van der Waals surface area contributed by atoms with Crippen LogP contribution in [-0.2, 0) is 9.47 Å². The van der Waals surface area contributed by atoms with E-state index in [0.29, 0.717) is 18.6 Å². The van der Waals surface area contributed by atoms with E-state index in [0.717, 1.165) is 19.6 Å². The number of hydrogen-bond donors (Lipinski definition) is 1. The van der Waals surface area contributed by atoms with Gasteiger partial charge >= 0.3 is 0 Å². The van der Waals surface area contributed by atoms with E-state index in [4.69, 9.17) is 9.47 Å². The molecule has 0 amide bonds. The van der Waals surface area contributed by atoms with Crippen molar-refractivity contribution in [3.8, 4) is 0 Å². The summed E-state index contributed by atoms with van der Waals surface area (Å²) < 4.78 is 10.4. The van der Waals surface area contributed by atoms with E-state index in [1.807, 2.05) is 0 Å². The Balaban J connectivity index is 3.55. The van der Waals surface area contributed by atoms with E-state index in [1.165, 1.54) is 12.8 Å². The molecule has 0 aromatic carbocycles. The first-order valence-corrected chi connectivity index (χ1v) is 7.08. The van der Waals surface area contributed by atoms with Crippen molar-refractivity contribution in [3.63, 3.8) is 0 Å². The van der Waals surface area contributed by atoms with Crippen LogP contribution in [0.25, 0.3) is 0 Å². The summed E-state index contributed by atoms with van der Waals surface area (Å²) >= 11 is 0. The molecule has 0 rings (SSSR count). The third kappa shape index (κ3) is 12.3. The van der Waals surface area contributed by atoms with Crippen LogP contribution in [0.5, 0.6) is 0 Å². The van der Waals surface area contributed by atoms with Gasteiger partial charge in [-0.2, -0.15) is 0 Å². The van der Waals surface area contributed by atoms with Gasteiger partial charge in [-0.15, -0.1) is 0 Å². The molecule has 0 aromatic heterocycles. The molecule has 0 atom stereocenters. The fourth-order valence-corrected chi connectivity index (χ4v) is 1.80. The van der Waals surface area contributed by atoms with Gasteiger partial charge < -0.3 is 14.8 Å². The van der Waals surface area contributed by atoms with Crippen LogP contribution < -0.4 is 5.32 Å². The second-order valence-corrected chi connectivity index (χ2v) is 6.80. The Bertz CT molecular complexity index is 197. The Hall–Kier alpha value is -0.120. The topological polar surface area (TPSA) is 30.5 Å². The van der Waals surface area contributed by atoms with E-state index in [1.54, 1.807) is 7.11 Å². The molecule has 1 N–H and O–H groups in total. The summed E-state index contributed by atoms with van der Waals surface area (Å²) in [4.78, 5) is 0. The first-order chi connectivity index (χ1) is 8.27. The van der Waals surface area contributed by atoms with Crippen LogP contribution >= 0.6 is 0 Å². The van der Waals surface area contributed by atoms with Gasteiger partial charge in [-0.3, -0.25) is 0 Å². The zero-order chi connectivity index (χ0) is 14.1. The van der Waals surface area contributed by atoms with Crippen LogP contribution in [-0.4, -0.2) is 39.0 Å². The average Bonchev–Trinajstić information content (AvgIpc) is 2.21. The Morgan fingerprint density at radius 3 is 2.11 bits per heavy atom. The molecule has 0 aromatic rings. The first-order valence-electron chi connectivity index (χ1n) is 7.08. The number of nitrogens with one attached hydrogen (secondary N) is 1. The van der Waals surface area contributed by atoms with Gasteiger partial charge in [-0.25, -0.2) is 0 Å². The zero-order valence-corrected chi connectivity index (χ0v) is 13.3. The lowest BCUT2D eigenvalue weighted by Gasteiger charge is -2.28. The van der Waals surface area contributed by atoms with Gasteiger partial charge in [0.2, 0.25) is 0 Å². The Labute approximate surface area is 114 Å². The van der Waals surface area contributed by atoms with Crippen LogP contribution in [0, 0.1) is 5.41 Å². The van der Waals surface area contributed by atoms with E-state index >= 15 is 0 Å². The molecule has 0 aliphatic rings. The van der Waals surface area contributed by atoms with Crippen LogP contribution in [0.4, 0.5) is 0 Å². The van der Waals surface area contributed by atoms with Crippen LogP contribution in [0.3, 0.4) is 0 Å². The minimum atomic E-state index is 0.222. The highest BCUT2D eigenvalue weighted by molar-refractivity contribution is 4.75. The summed E-state index contributed by atoms with van der Waals surface area (Å²) in [5, 5.41) is 3.55. The van der Waals surface area contributed by atoms with Crippen LogP contribution in [0.15, 0.2) is 0 Å². The molecule has 0 spiro atoms.